The topological polar surface area (TPSA) is 80.0 Å². The van der Waals surface area contributed by atoms with Gasteiger partial charge in [-0.2, -0.15) is 0 Å². The molecule has 3 rings (SSSR count). The Morgan fingerprint density at radius 1 is 1.25 bits per heavy atom. The maximum atomic E-state index is 12.2. The Balaban J connectivity index is 1.76. The third kappa shape index (κ3) is 4.73. The zero-order valence-electron chi connectivity index (χ0n) is 13.7. The Hall–Kier alpha value is -2.79. The van der Waals surface area contributed by atoms with Gasteiger partial charge in [0.15, 0.2) is 0 Å². The van der Waals surface area contributed by atoms with Crippen molar-refractivity contribution in [2.24, 2.45) is 0 Å². The van der Waals surface area contributed by atoms with Crippen LogP contribution in [0.4, 0.5) is 13.2 Å². The fraction of sp³-hybridized carbons (Fsp3) is 0.118. The van der Waals surface area contributed by atoms with Crippen LogP contribution in [0.5, 0.6) is 5.75 Å². The molecule has 2 heterocycles. The maximum Gasteiger partial charge on any atom is 0.573 e. The molecule has 11 heteroatoms. The average molecular weight is 429 g/mol. The molecule has 1 N–H and O–H groups in total. The number of thiocarbonyl (C=S) groups is 1. The molecule has 1 amide bonds. The molecular weight excluding hydrogens is 419 g/mol. The molecule has 0 spiro atoms. The van der Waals surface area contributed by atoms with Crippen LogP contribution >= 0.6 is 24.0 Å². The van der Waals surface area contributed by atoms with Crippen molar-refractivity contribution in [3.8, 4) is 17.1 Å². The Kier molecular flexibility index (Phi) is 5.47. The standard InChI is InChI=1S/C17H10F3NO5S2/c18-17(19,20)26-10-3-1-9(2-4-10)12-6-5-11(25-12)7-13-15(24)21(8-14(22)23)16(27)28-13/h1-7H,8H2,(H,22,23)/b13-7+. The van der Waals surface area contributed by atoms with Gasteiger partial charge in [0.1, 0.15) is 28.1 Å². The molecule has 0 atom stereocenters. The average Bonchev–Trinajstić information content (AvgIpc) is 3.15. The van der Waals surface area contributed by atoms with Gasteiger partial charge in [-0.05, 0) is 36.4 Å². The highest BCUT2D eigenvalue weighted by Gasteiger charge is 2.33. The summed E-state index contributed by atoms with van der Waals surface area (Å²) >= 11 is 5.96. The third-order valence-electron chi connectivity index (χ3n) is 3.44. The number of aliphatic carboxylic acids is 1. The lowest BCUT2D eigenvalue weighted by Crippen LogP contribution is -2.33. The van der Waals surface area contributed by atoms with E-state index in [1.165, 1.54) is 18.2 Å². The van der Waals surface area contributed by atoms with E-state index in [0.29, 0.717) is 17.1 Å². The fourth-order valence-electron chi connectivity index (χ4n) is 2.31. The number of benzene rings is 1. The van der Waals surface area contributed by atoms with E-state index in [-0.39, 0.29) is 15.0 Å². The van der Waals surface area contributed by atoms with Gasteiger partial charge in [0.05, 0.1) is 4.91 Å². The second-order valence-corrected chi connectivity index (χ2v) is 7.11. The lowest BCUT2D eigenvalue weighted by atomic mass is 10.2. The normalized spacial score (nSPS) is 16.1. The molecule has 1 aliphatic rings. The number of thioether (sulfide) groups is 1. The predicted octanol–water partition coefficient (Wildman–Crippen LogP) is 4.13. The molecule has 28 heavy (non-hydrogen) atoms. The number of rotatable bonds is 5. The van der Waals surface area contributed by atoms with Crippen LogP contribution < -0.4 is 4.74 Å². The molecule has 2 aromatic rings. The van der Waals surface area contributed by atoms with Crippen LogP contribution in [0.15, 0.2) is 45.7 Å². The number of furan rings is 1. The van der Waals surface area contributed by atoms with Gasteiger partial charge in [0.2, 0.25) is 0 Å². The van der Waals surface area contributed by atoms with Gasteiger partial charge in [-0.1, -0.05) is 24.0 Å². The van der Waals surface area contributed by atoms with Gasteiger partial charge in [0, 0.05) is 11.6 Å². The number of carbonyl (C=O) groups excluding carboxylic acids is 1. The smallest absolute Gasteiger partial charge is 0.480 e. The van der Waals surface area contributed by atoms with E-state index in [2.05, 4.69) is 4.74 Å². The summed E-state index contributed by atoms with van der Waals surface area (Å²) in [5, 5.41) is 8.82. The van der Waals surface area contributed by atoms with Crippen molar-refractivity contribution in [2.45, 2.75) is 6.36 Å². The Morgan fingerprint density at radius 2 is 1.93 bits per heavy atom. The van der Waals surface area contributed by atoms with E-state index < -0.39 is 24.8 Å². The lowest BCUT2D eigenvalue weighted by Gasteiger charge is -2.09. The highest BCUT2D eigenvalue weighted by atomic mass is 32.2. The van der Waals surface area contributed by atoms with Gasteiger partial charge in [-0.25, -0.2) is 0 Å². The number of alkyl halides is 3. The van der Waals surface area contributed by atoms with Gasteiger partial charge in [-0.15, -0.1) is 13.2 Å². The molecular formula is C17H10F3NO5S2. The van der Waals surface area contributed by atoms with Crippen molar-refractivity contribution < 1.29 is 37.0 Å². The molecule has 0 aliphatic carbocycles. The summed E-state index contributed by atoms with van der Waals surface area (Å²) in [5.41, 5.74) is 0.507. The number of amides is 1. The minimum absolute atomic E-state index is 0.130. The molecule has 1 saturated heterocycles. The number of carbonyl (C=O) groups is 2. The predicted molar refractivity (Wildman–Crippen MR) is 98.3 cm³/mol. The first-order valence-electron chi connectivity index (χ1n) is 7.55. The Bertz CT molecular complexity index is 966. The summed E-state index contributed by atoms with van der Waals surface area (Å²) in [4.78, 5) is 24.2. The molecule has 1 aromatic carbocycles. The number of hydrogen-bond donors (Lipinski definition) is 1. The number of carboxylic acids is 1. The van der Waals surface area contributed by atoms with Gasteiger partial charge in [-0.3, -0.25) is 14.5 Å². The number of carboxylic acid groups (broad SMARTS) is 1. The first-order valence-corrected chi connectivity index (χ1v) is 8.78. The second-order valence-electron chi connectivity index (χ2n) is 5.44. The second kappa shape index (κ2) is 7.68. The molecule has 146 valence electrons. The number of ether oxygens (including phenoxy) is 1. The monoisotopic (exact) mass is 429 g/mol. The van der Waals surface area contributed by atoms with Crippen LogP contribution in [0.3, 0.4) is 0 Å². The quantitative estimate of drug-likeness (QED) is 0.565. The van der Waals surface area contributed by atoms with E-state index in [4.69, 9.17) is 21.7 Å². The maximum absolute atomic E-state index is 12.2. The molecule has 1 aromatic heterocycles. The first kappa shape index (κ1) is 20.0. The van der Waals surface area contributed by atoms with E-state index in [1.807, 2.05) is 0 Å². The van der Waals surface area contributed by atoms with Crippen molar-refractivity contribution >= 4 is 46.3 Å². The zero-order chi connectivity index (χ0) is 20.5. The van der Waals surface area contributed by atoms with Crippen LogP contribution in [0.1, 0.15) is 5.76 Å². The molecule has 0 unspecified atom stereocenters. The SMILES string of the molecule is O=C(O)CN1C(=O)/C(=C\c2ccc(-c3ccc(OC(F)(F)F)cc3)o2)SC1=S. The van der Waals surface area contributed by atoms with Crippen LogP contribution in [-0.2, 0) is 9.59 Å². The van der Waals surface area contributed by atoms with Gasteiger partial charge < -0.3 is 14.3 Å². The minimum atomic E-state index is -4.77. The van der Waals surface area contributed by atoms with E-state index >= 15 is 0 Å². The lowest BCUT2D eigenvalue weighted by molar-refractivity contribution is -0.274. The van der Waals surface area contributed by atoms with Gasteiger partial charge >= 0.3 is 12.3 Å². The molecule has 0 radical (unpaired) electrons. The minimum Gasteiger partial charge on any atom is -0.480 e. The summed E-state index contributed by atoms with van der Waals surface area (Å²) in [5.74, 6) is -1.41. The summed E-state index contributed by atoms with van der Waals surface area (Å²) in [7, 11) is 0. The van der Waals surface area contributed by atoms with E-state index in [0.717, 1.165) is 28.8 Å². The van der Waals surface area contributed by atoms with Crippen molar-refractivity contribution in [3.63, 3.8) is 0 Å². The van der Waals surface area contributed by atoms with Crippen LogP contribution in [0.2, 0.25) is 0 Å². The largest absolute Gasteiger partial charge is 0.573 e. The zero-order valence-corrected chi connectivity index (χ0v) is 15.4. The Morgan fingerprint density at radius 3 is 2.54 bits per heavy atom. The summed E-state index contributed by atoms with van der Waals surface area (Å²) in [6.45, 7) is -0.530. The fourth-order valence-corrected chi connectivity index (χ4v) is 3.54. The van der Waals surface area contributed by atoms with Crippen LogP contribution in [-0.4, -0.2) is 39.1 Å². The van der Waals surface area contributed by atoms with Crippen molar-refractivity contribution in [3.05, 3.63) is 47.1 Å². The molecule has 1 fully saturated rings. The molecule has 0 bridgehead atoms. The summed E-state index contributed by atoms with van der Waals surface area (Å²) in [6, 6.07) is 8.26. The van der Waals surface area contributed by atoms with E-state index in [1.54, 1.807) is 12.1 Å². The van der Waals surface area contributed by atoms with Crippen molar-refractivity contribution in [2.75, 3.05) is 6.54 Å². The highest BCUT2D eigenvalue weighted by molar-refractivity contribution is 8.26. The summed E-state index contributed by atoms with van der Waals surface area (Å²) in [6.07, 6.45) is -3.35. The number of halogens is 3. The summed E-state index contributed by atoms with van der Waals surface area (Å²) < 4.78 is 46.1. The van der Waals surface area contributed by atoms with E-state index in [9.17, 15) is 22.8 Å². The van der Waals surface area contributed by atoms with Gasteiger partial charge in [0.25, 0.3) is 5.91 Å². The Labute approximate surface area is 165 Å². The highest BCUT2D eigenvalue weighted by Crippen LogP contribution is 2.34. The number of nitrogens with zero attached hydrogens (tertiary/aromatic N) is 1. The van der Waals surface area contributed by atoms with Crippen LogP contribution in [0, 0.1) is 0 Å². The van der Waals surface area contributed by atoms with Crippen molar-refractivity contribution in [1.29, 1.82) is 0 Å². The molecule has 1 aliphatic heterocycles. The van der Waals surface area contributed by atoms with Crippen molar-refractivity contribution in [1.82, 2.24) is 4.90 Å². The number of hydrogen-bond acceptors (Lipinski definition) is 6. The molecule has 0 saturated carbocycles. The van der Waals surface area contributed by atoms with Crippen LogP contribution in [0.25, 0.3) is 17.4 Å². The first-order chi connectivity index (χ1) is 13.1. The third-order valence-corrected chi connectivity index (χ3v) is 4.82. The molecule has 6 nitrogen and oxygen atoms in total.